The summed E-state index contributed by atoms with van der Waals surface area (Å²) in [6.07, 6.45) is 1.57. The molecule has 0 unspecified atom stereocenters. The molecule has 1 saturated carbocycles. The standard InChI is InChI=1S/C15H20ClN3O2S/c1-8-6-11(16)7-9(2)13(8)21-10(3)14(20)18-19-15(22)17-12-4-5-12/h6-7,10,12H,4-5H2,1-3H3,(H,18,20)(H2,17,19,22)/t10-/m1/s1. The first-order chi connectivity index (χ1) is 10.4. The van der Waals surface area contributed by atoms with Crippen molar-refractivity contribution in [3.05, 3.63) is 28.3 Å². The summed E-state index contributed by atoms with van der Waals surface area (Å²) in [7, 11) is 0. The fourth-order valence-electron chi connectivity index (χ4n) is 1.98. The Kier molecular flexibility index (Phi) is 5.47. The molecule has 0 saturated heterocycles. The van der Waals surface area contributed by atoms with Gasteiger partial charge in [-0.3, -0.25) is 15.6 Å². The molecule has 120 valence electrons. The van der Waals surface area contributed by atoms with Crippen LogP contribution in [0.5, 0.6) is 5.75 Å². The molecule has 0 bridgehead atoms. The lowest BCUT2D eigenvalue weighted by Crippen LogP contribution is -2.50. The van der Waals surface area contributed by atoms with Gasteiger partial charge in [-0.2, -0.15) is 0 Å². The zero-order valence-corrected chi connectivity index (χ0v) is 14.4. The molecule has 0 heterocycles. The predicted molar refractivity (Wildman–Crippen MR) is 91.1 cm³/mol. The minimum absolute atomic E-state index is 0.298. The Balaban J connectivity index is 1.86. The number of carbonyl (C=O) groups is 1. The Bertz CT molecular complexity index is 567. The number of benzene rings is 1. The number of thiocarbonyl (C=S) groups is 1. The van der Waals surface area contributed by atoms with Gasteiger partial charge in [-0.15, -0.1) is 0 Å². The van der Waals surface area contributed by atoms with Crippen LogP contribution in [0.25, 0.3) is 0 Å². The van der Waals surface area contributed by atoms with E-state index in [2.05, 4.69) is 16.2 Å². The van der Waals surface area contributed by atoms with E-state index in [-0.39, 0.29) is 5.91 Å². The maximum atomic E-state index is 12.0. The molecule has 1 amide bonds. The fraction of sp³-hybridized carbons (Fsp3) is 0.467. The molecule has 1 fully saturated rings. The van der Waals surface area contributed by atoms with Crippen molar-refractivity contribution in [3.8, 4) is 5.75 Å². The van der Waals surface area contributed by atoms with E-state index in [9.17, 15) is 4.79 Å². The van der Waals surface area contributed by atoms with Gasteiger partial charge in [0.05, 0.1) is 0 Å². The molecule has 1 aromatic carbocycles. The molecular formula is C15H20ClN3O2S. The lowest BCUT2D eigenvalue weighted by atomic mass is 10.1. The van der Waals surface area contributed by atoms with Crippen LogP contribution in [-0.4, -0.2) is 23.2 Å². The first kappa shape index (κ1) is 16.8. The zero-order valence-electron chi connectivity index (χ0n) is 12.8. The van der Waals surface area contributed by atoms with Crippen molar-refractivity contribution < 1.29 is 9.53 Å². The van der Waals surface area contributed by atoms with Crippen molar-refractivity contribution in [1.29, 1.82) is 0 Å². The summed E-state index contributed by atoms with van der Waals surface area (Å²) in [6.45, 7) is 5.47. The number of hydrogen-bond acceptors (Lipinski definition) is 3. The second kappa shape index (κ2) is 7.15. The molecule has 0 spiro atoms. The number of rotatable bonds is 4. The van der Waals surface area contributed by atoms with E-state index in [0.29, 0.717) is 21.9 Å². The number of ether oxygens (including phenoxy) is 1. The van der Waals surface area contributed by atoms with E-state index in [4.69, 9.17) is 28.6 Å². The molecule has 0 aromatic heterocycles. The number of carbonyl (C=O) groups excluding carboxylic acids is 1. The SMILES string of the molecule is Cc1cc(Cl)cc(C)c1O[C@H](C)C(=O)NNC(=S)NC1CC1. The van der Waals surface area contributed by atoms with Crippen LogP contribution in [-0.2, 0) is 4.79 Å². The molecule has 1 aromatic rings. The highest BCUT2D eigenvalue weighted by atomic mass is 35.5. The summed E-state index contributed by atoms with van der Waals surface area (Å²) in [4.78, 5) is 12.0. The van der Waals surface area contributed by atoms with E-state index < -0.39 is 6.10 Å². The number of hydrogen-bond donors (Lipinski definition) is 3. The topological polar surface area (TPSA) is 62.4 Å². The third-order valence-electron chi connectivity index (χ3n) is 3.30. The third-order valence-corrected chi connectivity index (χ3v) is 3.74. The van der Waals surface area contributed by atoms with E-state index in [0.717, 1.165) is 24.0 Å². The van der Waals surface area contributed by atoms with Gasteiger partial charge in [0.1, 0.15) is 5.75 Å². The van der Waals surface area contributed by atoms with Gasteiger partial charge in [-0.1, -0.05) is 11.6 Å². The van der Waals surface area contributed by atoms with Crippen LogP contribution in [0.15, 0.2) is 12.1 Å². The number of halogens is 1. The molecular weight excluding hydrogens is 322 g/mol. The zero-order chi connectivity index (χ0) is 16.3. The fourth-order valence-corrected chi connectivity index (χ4v) is 2.53. The molecule has 2 rings (SSSR count). The van der Waals surface area contributed by atoms with E-state index in [1.807, 2.05) is 13.8 Å². The quantitative estimate of drug-likeness (QED) is 0.580. The average molecular weight is 342 g/mol. The average Bonchev–Trinajstić information content (AvgIpc) is 3.23. The molecule has 1 aliphatic rings. The lowest BCUT2D eigenvalue weighted by molar-refractivity contribution is -0.127. The summed E-state index contributed by atoms with van der Waals surface area (Å²) in [5, 5.41) is 4.14. The first-order valence-electron chi connectivity index (χ1n) is 7.16. The second-order valence-corrected chi connectivity index (χ2v) is 6.34. The van der Waals surface area contributed by atoms with Crippen molar-refractivity contribution in [2.75, 3.05) is 0 Å². The molecule has 3 N–H and O–H groups in total. The predicted octanol–water partition coefficient (Wildman–Crippen LogP) is 2.38. The number of nitrogens with one attached hydrogen (secondary N) is 3. The monoisotopic (exact) mass is 341 g/mol. The van der Waals surface area contributed by atoms with E-state index in [1.165, 1.54) is 0 Å². The Morgan fingerprint density at radius 3 is 2.45 bits per heavy atom. The Hall–Kier alpha value is -1.53. The maximum absolute atomic E-state index is 12.0. The van der Waals surface area contributed by atoms with Gasteiger partial charge >= 0.3 is 0 Å². The van der Waals surface area contributed by atoms with Crippen LogP contribution in [0.4, 0.5) is 0 Å². The largest absolute Gasteiger partial charge is 0.480 e. The van der Waals surface area contributed by atoms with E-state index in [1.54, 1.807) is 19.1 Å². The van der Waals surface area contributed by atoms with Gasteiger partial charge in [-0.25, -0.2) is 0 Å². The van der Waals surface area contributed by atoms with Crippen molar-refractivity contribution in [2.45, 2.75) is 45.8 Å². The molecule has 0 aliphatic heterocycles. The van der Waals surface area contributed by atoms with Crippen molar-refractivity contribution in [1.82, 2.24) is 16.2 Å². The first-order valence-corrected chi connectivity index (χ1v) is 7.95. The second-order valence-electron chi connectivity index (χ2n) is 5.49. The van der Waals surface area contributed by atoms with Crippen LogP contribution >= 0.6 is 23.8 Å². The Labute approximate surface area is 140 Å². The molecule has 7 heteroatoms. The van der Waals surface area contributed by atoms with Crippen molar-refractivity contribution >= 4 is 34.8 Å². The molecule has 0 radical (unpaired) electrons. The summed E-state index contributed by atoms with van der Waals surface area (Å²) in [6, 6.07) is 4.05. The minimum atomic E-state index is -0.658. The van der Waals surface area contributed by atoms with Crippen LogP contribution in [0.2, 0.25) is 5.02 Å². The molecule has 1 atom stereocenters. The summed E-state index contributed by atoms with van der Waals surface area (Å²) in [5.41, 5.74) is 7.00. The highest BCUT2D eigenvalue weighted by molar-refractivity contribution is 7.80. The highest BCUT2D eigenvalue weighted by Gasteiger charge is 2.22. The smallest absolute Gasteiger partial charge is 0.279 e. The van der Waals surface area contributed by atoms with Crippen LogP contribution in [0.3, 0.4) is 0 Å². The van der Waals surface area contributed by atoms with Gasteiger partial charge in [0.25, 0.3) is 5.91 Å². The number of aryl methyl sites for hydroxylation is 2. The summed E-state index contributed by atoms with van der Waals surface area (Å²) < 4.78 is 5.74. The number of amides is 1. The van der Waals surface area contributed by atoms with Crippen LogP contribution in [0.1, 0.15) is 30.9 Å². The van der Waals surface area contributed by atoms with Crippen molar-refractivity contribution in [3.63, 3.8) is 0 Å². The summed E-state index contributed by atoms with van der Waals surface area (Å²) in [5.74, 6) is 0.374. The van der Waals surface area contributed by atoms with Gasteiger partial charge in [0, 0.05) is 11.1 Å². The number of hydrazine groups is 1. The molecule has 1 aliphatic carbocycles. The van der Waals surface area contributed by atoms with Crippen LogP contribution < -0.4 is 20.9 Å². The van der Waals surface area contributed by atoms with Gasteiger partial charge in [0.15, 0.2) is 11.2 Å². The minimum Gasteiger partial charge on any atom is -0.480 e. The Morgan fingerprint density at radius 2 is 1.91 bits per heavy atom. The maximum Gasteiger partial charge on any atom is 0.279 e. The van der Waals surface area contributed by atoms with Gasteiger partial charge in [-0.05, 0) is 69.1 Å². The normalized spacial score (nSPS) is 14.9. The van der Waals surface area contributed by atoms with Gasteiger partial charge < -0.3 is 10.1 Å². The van der Waals surface area contributed by atoms with Crippen molar-refractivity contribution in [2.24, 2.45) is 0 Å². The third kappa shape index (κ3) is 4.74. The highest BCUT2D eigenvalue weighted by Crippen LogP contribution is 2.27. The molecule has 22 heavy (non-hydrogen) atoms. The molecule has 5 nitrogen and oxygen atoms in total. The Morgan fingerprint density at radius 1 is 1.32 bits per heavy atom. The van der Waals surface area contributed by atoms with Crippen LogP contribution in [0, 0.1) is 13.8 Å². The summed E-state index contributed by atoms with van der Waals surface area (Å²) >= 11 is 11.1. The van der Waals surface area contributed by atoms with Gasteiger partial charge in [0.2, 0.25) is 0 Å². The lowest BCUT2D eigenvalue weighted by Gasteiger charge is -2.19. The van der Waals surface area contributed by atoms with E-state index >= 15 is 0 Å².